The number of ether oxygens (including phenoxy) is 1. The number of hydrogen-bond acceptors (Lipinski definition) is 5. The van der Waals surface area contributed by atoms with Crippen molar-refractivity contribution in [1.29, 1.82) is 0 Å². The lowest BCUT2D eigenvalue weighted by Crippen LogP contribution is -2.26. The third kappa shape index (κ3) is 4.56. The van der Waals surface area contributed by atoms with Gasteiger partial charge in [0.2, 0.25) is 5.95 Å². The minimum atomic E-state index is -0.741. The van der Waals surface area contributed by atoms with E-state index in [1.54, 1.807) is 18.5 Å². The number of carbonyl (C=O) groups excluding carboxylic acids is 2. The highest BCUT2D eigenvalue weighted by Gasteiger charge is 2.26. The number of benzene rings is 2. The summed E-state index contributed by atoms with van der Waals surface area (Å²) in [5, 5.41) is 7.21. The van der Waals surface area contributed by atoms with Crippen molar-refractivity contribution in [2.24, 2.45) is 0 Å². The van der Waals surface area contributed by atoms with E-state index < -0.39 is 11.7 Å². The van der Waals surface area contributed by atoms with Gasteiger partial charge in [0.15, 0.2) is 0 Å². The molecule has 1 amide bonds. The molecule has 4 aromatic rings. The zero-order valence-corrected chi connectivity index (χ0v) is 19.0. The van der Waals surface area contributed by atoms with Crippen LogP contribution in [0.4, 0.5) is 5.95 Å². The second-order valence-electron chi connectivity index (χ2n) is 7.70. The van der Waals surface area contributed by atoms with E-state index in [9.17, 15) is 9.59 Å². The number of ketones is 1. The summed E-state index contributed by atoms with van der Waals surface area (Å²) in [6.07, 6.45) is 0.757. The number of nitrogens with zero attached hydrogens (tertiary/aromatic N) is 4. The standard InChI is InChI=1S/C25H27N5O3/c1-4-33-16-10-15-29-21-14-9-8-13-20(21)26-25(29)27-24(32)23(31)22-17(2)28-30(18(22)3)19-11-6-5-7-12-19/h5-9,11-14H,4,10,15-16H2,1-3H3,(H,26,27,32). The molecule has 2 heterocycles. The van der Waals surface area contributed by atoms with Crippen molar-refractivity contribution in [1.82, 2.24) is 19.3 Å². The molecule has 170 valence electrons. The normalized spacial score (nSPS) is 11.1. The second-order valence-corrected chi connectivity index (χ2v) is 7.70. The van der Waals surface area contributed by atoms with Crippen LogP contribution < -0.4 is 5.32 Å². The van der Waals surface area contributed by atoms with Crippen LogP contribution in [0.25, 0.3) is 16.7 Å². The largest absolute Gasteiger partial charge is 0.382 e. The number of para-hydroxylation sites is 3. The number of imidazole rings is 1. The monoisotopic (exact) mass is 445 g/mol. The molecule has 2 aromatic carbocycles. The van der Waals surface area contributed by atoms with E-state index in [1.165, 1.54) is 0 Å². The molecule has 0 radical (unpaired) electrons. The zero-order valence-electron chi connectivity index (χ0n) is 19.0. The van der Waals surface area contributed by atoms with E-state index >= 15 is 0 Å². The van der Waals surface area contributed by atoms with Gasteiger partial charge < -0.3 is 9.30 Å². The summed E-state index contributed by atoms with van der Waals surface area (Å²) in [5.74, 6) is -1.04. The first-order valence-corrected chi connectivity index (χ1v) is 11.0. The summed E-state index contributed by atoms with van der Waals surface area (Å²) in [7, 11) is 0. The number of amides is 1. The third-order valence-corrected chi connectivity index (χ3v) is 5.48. The van der Waals surface area contributed by atoms with Crippen LogP contribution in [0.2, 0.25) is 0 Å². The fourth-order valence-electron chi connectivity index (χ4n) is 3.93. The van der Waals surface area contributed by atoms with Crippen LogP contribution in [0.3, 0.4) is 0 Å². The SMILES string of the molecule is CCOCCCn1c(NC(=O)C(=O)c2c(C)nn(-c3ccccc3)c2C)nc2ccccc21. The summed E-state index contributed by atoms with van der Waals surface area (Å²) < 4.78 is 9.03. The highest BCUT2D eigenvalue weighted by Crippen LogP contribution is 2.22. The Morgan fingerprint density at radius 1 is 1.03 bits per heavy atom. The Balaban J connectivity index is 1.60. The molecule has 0 atom stereocenters. The fraction of sp³-hybridized carbons (Fsp3) is 0.280. The van der Waals surface area contributed by atoms with Crippen molar-refractivity contribution in [2.45, 2.75) is 33.7 Å². The molecule has 0 aliphatic rings. The van der Waals surface area contributed by atoms with Crippen LogP contribution >= 0.6 is 0 Å². The Morgan fingerprint density at radius 3 is 2.52 bits per heavy atom. The quantitative estimate of drug-likeness (QED) is 0.238. The Labute approximate surface area is 192 Å². The highest BCUT2D eigenvalue weighted by atomic mass is 16.5. The lowest BCUT2D eigenvalue weighted by atomic mass is 10.1. The maximum absolute atomic E-state index is 13.1. The predicted octanol–water partition coefficient (Wildman–Crippen LogP) is 4.09. The molecule has 0 aliphatic carbocycles. The molecule has 0 bridgehead atoms. The molecule has 8 nitrogen and oxygen atoms in total. The van der Waals surface area contributed by atoms with Gasteiger partial charge in [-0.05, 0) is 51.5 Å². The predicted molar refractivity (Wildman–Crippen MR) is 127 cm³/mol. The van der Waals surface area contributed by atoms with Crippen molar-refractivity contribution in [3.05, 3.63) is 71.5 Å². The van der Waals surface area contributed by atoms with Crippen LogP contribution in [0.1, 0.15) is 35.1 Å². The molecule has 1 N–H and O–H groups in total. The van der Waals surface area contributed by atoms with E-state index in [2.05, 4.69) is 15.4 Å². The molecule has 0 spiro atoms. The first-order valence-electron chi connectivity index (χ1n) is 11.0. The highest BCUT2D eigenvalue weighted by molar-refractivity contribution is 6.47. The minimum absolute atomic E-state index is 0.301. The number of aryl methyl sites for hydroxylation is 2. The molecule has 0 saturated heterocycles. The first kappa shape index (κ1) is 22.4. The minimum Gasteiger partial charge on any atom is -0.382 e. The van der Waals surface area contributed by atoms with Crippen molar-refractivity contribution in [3.63, 3.8) is 0 Å². The molecule has 4 rings (SSSR count). The fourth-order valence-corrected chi connectivity index (χ4v) is 3.93. The molecule has 33 heavy (non-hydrogen) atoms. The molecule has 0 unspecified atom stereocenters. The molecule has 2 aromatic heterocycles. The summed E-state index contributed by atoms with van der Waals surface area (Å²) >= 11 is 0. The van der Waals surface area contributed by atoms with E-state index in [0.717, 1.165) is 23.1 Å². The van der Waals surface area contributed by atoms with Crippen molar-refractivity contribution in [3.8, 4) is 5.69 Å². The van der Waals surface area contributed by atoms with E-state index in [1.807, 2.05) is 66.1 Å². The molecule has 0 aliphatic heterocycles. The number of rotatable bonds is 9. The van der Waals surface area contributed by atoms with Crippen molar-refractivity contribution < 1.29 is 14.3 Å². The average molecular weight is 446 g/mol. The van der Waals surface area contributed by atoms with Crippen LogP contribution in [-0.4, -0.2) is 44.2 Å². The number of hydrogen-bond donors (Lipinski definition) is 1. The Kier molecular flexibility index (Phi) is 6.65. The number of Topliss-reactive ketones (excluding diaryl/α,β-unsaturated/α-hetero) is 1. The van der Waals surface area contributed by atoms with Crippen LogP contribution in [0, 0.1) is 13.8 Å². The summed E-state index contributed by atoms with van der Waals surface area (Å²) in [6.45, 7) is 7.33. The van der Waals surface area contributed by atoms with Crippen molar-refractivity contribution in [2.75, 3.05) is 18.5 Å². The Hall–Kier alpha value is -3.78. The lowest BCUT2D eigenvalue weighted by Gasteiger charge is -2.10. The van der Waals surface area contributed by atoms with E-state index in [0.29, 0.717) is 42.7 Å². The van der Waals surface area contributed by atoms with Gasteiger partial charge in [-0.15, -0.1) is 0 Å². The Bertz CT molecular complexity index is 1290. The van der Waals surface area contributed by atoms with Gasteiger partial charge in [0, 0.05) is 19.8 Å². The first-order chi connectivity index (χ1) is 16.0. The molecule has 0 fully saturated rings. The third-order valence-electron chi connectivity index (χ3n) is 5.48. The maximum Gasteiger partial charge on any atom is 0.299 e. The smallest absolute Gasteiger partial charge is 0.299 e. The Morgan fingerprint density at radius 2 is 1.76 bits per heavy atom. The molecular formula is C25H27N5O3. The lowest BCUT2D eigenvalue weighted by molar-refractivity contribution is -0.112. The number of aromatic nitrogens is 4. The van der Waals surface area contributed by atoms with Crippen LogP contribution in [0.5, 0.6) is 0 Å². The van der Waals surface area contributed by atoms with E-state index in [4.69, 9.17) is 4.74 Å². The van der Waals surface area contributed by atoms with E-state index in [-0.39, 0.29) is 0 Å². The van der Waals surface area contributed by atoms with Gasteiger partial charge in [0.1, 0.15) is 0 Å². The second kappa shape index (κ2) is 9.79. The van der Waals surface area contributed by atoms with Gasteiger partial charge >= 0.3 is 0 Å². The van der Waals surface area contributed by atoms with Gasteiger partial charge in [-0.25, -0.2) is 9.67 Å². The number of anilines is 1. The number of nitrogens with one attached hydrogen (secondary N) is 1. The van der Waals surface area contributed by atoms with Gasteiger partial charge in [-0.3, -0.25) is 14.9 Å². The van der Waals surface area contributed by atoms with Gasteiger partial charge in [-0.2, -0.15) is 5.10 Å². The topological polar surface area (TPSA) is 91.0 Å². The number of fused-ring (bicyclic) bond motifs is 1. The van der Waals surface area contributed by atoms with Gasteiger partial charge in [0.25, 0.3) is 11.7 Å². The molecule has 0 saturated carbocycles. The molecular weight excluding hydrogens is 418 g/mol. The van der Waals surface area contributed by atoms with Crippen molar-refractivity contribution >= 4 is 28.7 Å². The average Bonchev–Trinajstić information content (AvgIpc) is 3.32. The summed E-state index contributed by atoms with van der Waals surface area (Å²) in [6, 6.07) is 17.1. The maximum atomic E-state index is 13.1. The van der Waals surface area contributed by atoms with Gasteiger partial charge in [0.05, 0.1) is 33.7 Å². The number of carbonyl (C=O) groups is 2. The van der Waals surface area contributed by atoms with Crippen LogP contribution in [-0.2, 0) is 16.1 Å². The summed E-state index contributed by atoms with van der Waals surface area (Å²) in [4.78, 5) is 30.7. The zero-order chi connectivity index (χ0) is 23.4. The molecule has 8 heteroatoms. The van der Waals surface area contributed by atoms with Gasteiger partial charge in [-0.1, -0.05) is 30.3 Å². The van der Waals surface area contributed by atoms with Crippen LogP contribution in [0.15, 0.2) is 54.6 Å². The summed E-state index contributed by atoms with van der Waals surface area (Å²) in [5.41, 5.74) is 3.89.